The van der Waals surface area contributed by atoms with E-state index in [9.17, 15) is 9.18 Å². The molecule has 1 aromatic heterocycles. The molecular formula is C10H7FN2O3S. The Bertz CT molecular complexity index is 570. The van der Waals surface area contributed by atoms with E-state index in [1.54, 1.807) is 6.92 Å². The van der Waals surface area contributed by atoms with Crippen molar-refractivity contribution in [2.24, 2.45) is 0 Å². The van der Waals surface area contributed by atoms with Crippen LogP contribution in [0.3, 0.4) is 0 Å². The molecule has 7 heteroatoms. The quantitative estimate of drug-likeness (QED) is 0.910. The van der Waals surface area contributed by atoms with Gasteiger partial charge in [0, 0.05) is 6.07 Å². The van der Waals surface area contributed by atoms with E-state index in [2.05, 4.69) is 10.2 Å². The van der Waals surface area contributed by atoms with Gasteiger partial charge in [0.25, 0.3) is 5.19 Å². The number of ether oxygens (including phenoxy) is 1. The third-order valence-corrected chi connectivity index (χ3v) is 2.60. The average Bonchev–Trinajstić information content (AvgIpc) is 2.63. The summed E-state index contributed by atoms with van der Waals surface area (Å²) >= 11 is 1.22. The van der Waals surface area contributed by atoms with E-state index in [-0.39, 0.29) is 10.9 Å². The van der Waals surface area contributed by atoms with Crippen molar-refractivity contribution >= 4 is 17.3 Å². The predicted molar refractivity (Wildman–Crippen MR) is 58.1 cm³/mol. The third kappa shape index (κ3) is 2.56. The number of hydrogen-bond acceptors (Lipinski definition) is 5. The van der Waals surface area contributed by atoms with Crippen LogP contribution in [0, 0.1) is 12.7 Å². The monoisotopic (exact) mass is 254 g/mol. The lowest BCUT2D eigenvalue weighted by Gasteiger charge is -2.02. The first-order chi connectivity index (χ1) is 8.06. The Kier molecular flexibility index (Phi) is 3.01. The molecule has 0 fully saturated rings. The summed E-state index contributed by atoms with van der Waals surface area (Å²) in [6.45, 7) is 1.76. The Hall–Kier alpha value is -2.02. The van der Waals surface area contributed by atoms with Crippen LogP contribution in [0.5, 0.6) is 10.9 Å². The van der Waals surface area contributed by atoms with Crippen molar-refractivity contribution in [3.63, 3.8) is 0 Å². The summed E-state index contributed by atoms with van der Waals surface area (Å²) in [6.07, 6.45) is 0. The first-order valence-corrected chi connectivity index (χ1v) is 5.38. The second kappa shape index (κ2) is 4.46. The molecule has 0 saturated carbocycles. The number of aryl methyl sites for hydroxylation is 1. The fraction of sp³-hybridized carbons (Fsp3) is 0.100. The summed E-state index contributed by atoms with van der Waals surface area (Å²) in [7, 11) is 0. The lowest BCUT2D eigenvalue weighted by Crippen LogP contribution is -2.00. The maximum Gasteiger partial charge on any atom is 0.338 e. The molecule has 0 bridgehead atoms. The number of carboxylic acids is 1. The molecule has 0 radical (unpaired) electrons. The summed E-state index contributed by atoms with van der Waals surface area (Å²) in [5.74, 6) is -1.99. The number of aromatic nitrogens is 2. The van der Waals surface area contributed by atoms with Gasteiger partial charge in [-0.25, -0.2) is 9.18 Å². The summed E-state index contributed by atoms with van der Waals surface area (Å²) < 4.78 is 18.5. The van der Waals surface area contributed by atoms with Crippen molar-refractivity contribution in [3.05, 3.63) is 34.6 Å². The van der Waals surface area contributed by atoms with E-state index in [4.69, 9.17) is 9.84 Å². The van der Waals surface area contributed by atoms with Crippen molar-refractivity contribution in [3.8, 4) is 10.9 Å². The Morgan fingerprint density at radius 3 is 2.76 bits per heavy atom. The number of halogens is 1. The predicted octanol–water partition coefficient (Wildman–Crippen LogP) is 2.48. The molecule has 1 aromatic carbocycles. The van der Waals surface area contributed by atoms with Crippen molar-refractivity contribution in [2.75, 3.05) is 0 Å². The first kappa shape index (κ1) is 11.5. The van der Waals surface area contributed by atoms with Gasteiger partial charge in [-0.15, -0.1) is 5.10 Å². The number of hydrogen-bond donors (Lipinski definition) is 1. The van der Waals surface area contributed by atoms with Crippen LogP contribution in [0.2, 0.25) is 0 Å². The van der Waals surface area contributed by atoms with Crippen molar-refractivity contribution < 1.29 is 19.0 Å². The van der Waals surface area contributed by atoms with Gasteiger partial charge >= 0.3 is 5.97 Å². The van der Waals surface area contributed by atoms with E-state index >= 15 is 0 Å². The van der Waals surface area contributed by atoms with Crippen LogP contribution < -0.4 is 4.74 Å². The molecule has 2 rings (SSSR count). The fourth-order valence-corrected chi connectivity index (χ4v) is 1.71. The Morgan fingerprint density at radius 2 is 2.24 bits per heavy atom. The minimum atomic E-state index is -1.32. The molecule has 1 N–H and O–H groups in total. The second-order valence-electron chi connectivity index (χ2n) is 3.14. The maximum absolute atomic E-state index is 13.3. The topological polar surface area (TPSA) is 72.3 Å². The fourth-order valence-electron chi connectivity index (χ4n) is 1.15. The van der Waals surface area contributed by atoms with Crippen molar-refractivity contribution in [1.82, 2.24) is 10.2 Å². The van der Waals surface area contributed by atoms with Gasteiger partial charge in [-0.05, 0) is 19.1 Å². The molecule has 0 atom stereocenters. The summed E-state index contributed by atoms with van der Waals surface area (Å²) in [5, 5.41) is 17.1. The minimum absolute atomic E-state index is 0.184. The van der Waals surface area contributed by atoms with Crippen LogP contribution in [0.25, 0.3) is 0 Å². The van der Waals surface area contributed by atoms with Crippen molar-refractivity contribution in [2.45, 2.75) is 6.92 Å². The van der Waals surface area contributed by atoms with Gasteiger partial charge in [0.15, 0.2) is 0 Å². The van der Waals surface area contributed by atoms with Crippen LogP contribution in [-0.2, 0) is 0 Å². The van der Waals surface area contributed by atoms with Gasteiger partial charge in [-0.3, -0.25) is 0 Å². The molecule has 0 amide bonds. The van der Waals surface area contributed by atoms with Crippen LogP contribution in [0.15, 0.2) is 18.2 Å². The highest BCUT2D eigenvalue weighted by Crippen LogP contribution is 2.25. The largest absolute Gasteiger partial charge is 0.478 e. The Balaban J connectivity index is 2.23. The highest BCUT2D eigenvalue weighted by atomic mass is 32.1. The van der Waals surface area contributed by atoms with E-state index < -0.39 is 17.3 Å². The zero-order valence-electron chi connectivity index (χ0n) is 8.68. The molecule has 0 aliphatic heterocycles. The molecule has 88 valence electrons. The average molecular weight is 254 g/mol. The van der Waals surface area contributed by atoms with E-state index in [1.165, 1.54) is 17.4 Å². The molecule has 0 aliphatic carbocycles. The molecule has 0 aliphatic rings. The summed E-state index contributed by atoms with van der Waals surface area (Å²) in [4.78, 5) is 10.6. The molecule has 0 spiro atoms. The summed E-state index contributed by atoms with van der Waals surface area (Å²) in [5.41, 5.74) is -0.397. The van der Waals surface area contributed by atoms with Crippen LogP contribution in [-0.4, -0.2) is 21.3 Å². The zero-order chi connectivity index (χ0) is 12.4. The normalized spacial score (nSPS) is 10.2. The van der Waals surface area contributed by atoms with E-state index in [1.807, 2.05) is 0 Å². The van der Waals surface area contributed by atoms with Gasteiger partial charge in [-0.1, -0.05) is 16.4 Å². The lowest BCUT2D eigenvalue weighted by molar-refractivity contribution is 0.0692. The third-order valence-electron chi connectivity index (χ3n) is 1.88. The van der Waals surface area contributed by atoms with Crippen LogP contribution in [0.4, 0.5) is 4.39 Å². The zero-order valence-corrected chi connectivity index (χ0v) is 9.49. The highest BCUT2D eigenvalue weighted by molar-refractivity contribution is 7.13. The number of carbonyl (C=O) groups is 1. The first-order valence-electron chi connectivity index (χ1n) is 4.57. The van der Waals surface area contributed by atoms with Gasteiger partial charge in [-0.2, -0.15) is 0 Å². The Labute approximate surface area is 99.5 Å². The molecule has 1 heterocycles. The number of aromatic carboxylic acids is 1. The van der Waals surface area contributed by atoms with E-state index in [0.717, 1.165) is 17.1 Å². The van der Waals surface area contributed by atoms with Gasteiger partial charge < -0.3 is 9.84 Å². The molecule has 0 saturated heterocycles. The molecule has 17 heavy (non-hydrogen) atoms. The number of rotatable bonds is 3. The maximum atomic E-state index is 13.3. The molecule has 2 aromatic rings. The molecule has 0 unspecified atom stereocenters. The summed E-state index contributed by atoms with van der Waals surface area (Å²) in [6, 6.07) is 3.50. The minimum Gasteiger partial charge on any atom is -0.478 e. The smallest absolute Gasteiger partial charge is 0.338 e. The highest BCUT2D eigenvalue weighted by Gasteiger charge is 2.12. The SMILES string of the molecule is Cc1nnc(Oc2ccc(C(=O)O)c(F)c2)s1. The molecule has 5 nitrogen and oxygen atoms in total. The van der Waals surface area contributed by atoms with Crippen molar-refractivity contribution in [1.29, 1.82) is 0 Å². The van der Waals surface area contributed by atoms with Gasteiger partial charge in [0.2, 0.25) is 0 Å². The van der Waals surface area contributed by atoms with Crippen LogP contribution >= 0.6 is 11.3 Å². The number of nitrogens with zero attached hydrogens (tertiary/aromatic N) is 2. The standard InChI is InChI=1S/C10H7FN2O3S/c1-5-12-13-10(17-5)16-6-2-3-7(9(14)15)8(11)4-6/h2-4H,1H3,(H,14,15). The Morgan fingerprint density at radius 1 is 1.47 bits per heavy atom. The van der Waals surface area contributed by atoms with E-state index in [0.29, 0.717) is 0 Å². The van der Waals surface area contributed by atoms with Crippen LogP contribution in [0.1, 0.15) is 15.4 Å². The van der Waals surface area contributed by atoms with Gasteiger partial charge in [0.1, 0.15) is 16.6 Å². The lowest BCUT2D eigenvalue weighted by atomic mass is 10.2. The van der Waals surface area contributed by atoms with Gasteiger partial charge in [0.05, 0.1) is 5.56 Å². The number of benzene rings is 1. The molecular weight excluding hydrogens is 247 g/mol. The second-order valence-corrected chi connectivity index (χ2v) is 4.28. The number of carboxylic acid groups (broad SMARTS) is 1.